The van der Waals surface area contributed by atoms with E-state index in [4.69, 9.17) is 26.0 Å². The highest BCUT2D eigenvalue weighted by Gasteiger charge is 2.40. The average Bonchev–Trinajstić information content (AvgIpc) is 3.80. The van der Waals surface area contributed by atoms with E-state index in [1.807, 2.05) is 54.9 Å². The number of nitrogens with one attached hydrogen (secondary N) is 1. The highest BCUT2D eigenvalue weighted by Crippen LogP contribution is 2.40. The maximum absolute atomic E-state index is 13.5. The second kappa shape index (κ2) is 13.0. The van der Waals surface area contributed by atoms with Gasteiger partial charge in [0.15, 0.2) is 11.4 Å². The molecule has 0 bridgehead atoms. The zero-order valence-corrected chi connectivity index (χ0v) is 29.3. The molecule has 3 aromatic carbocycles. The van der Waals surface area contributed by atoms with Crippen LogP contribution in [0.4, 0.5) is 5.69 Å². The average molecular weight is 692 g/mol. The number of carboxylic acid groups (broad SMARTS) is 1. The van der Waals surface area contributed by atoms with E-state index in [1.54, 1.807) is 19.1 Å². The lowest BCUT2D eigenvalue weighted by atomic mass is 9.90. The molecule has 11 nitrogen and oxygen atoms in total. The van der Waals surface area contributed by atoms with Gasteiger partial charge in [-0.05, 0) is 74.3 Å². The molecule has 50 heavy (non-hydrogen) atoms. The Labute approximate surface area is 295 Å². The van der Waals surface area contributed by atoms with E-state index in [0.717, 1.165) is 65.3 Å². The van der Waals surface area contributed by atoms with E-state index in [1.165, 1.54) is 0 Å². The van der Waals surface area contributed by atoms with Gasteiger partial charge in [0.2, 0.25) is 5.89 Å². The molecule has 0 spiro atoms. The number of nitriles is 1. The Bertz CT molecular complexity index is 2220. The van der Waals surface area contributed by atoms with Gasteiger partial charge in [-0.15, -0.1) is 0 Å². The molecule has 4 heterocycles. The molecule has 0 radical (unpaired) electrons. The smallest absolute Gasteiger partial charge is 0.310 e. The van der Waals surface area contributed by atoms with Gasteiger partial charge in [0, 0.05) is 56.5 Å². The second-order valence-electron chi connectivity index (χ2n) is 13.6. The van der Waals surface area contributed by atoms with Gasteiger partial charge in [-0.25, -0.2) is 9.97 Å². The second-order valence-corrected chi connectivity index (χ2v) is 13.9. The van der Waals surface area contributed by atoms with Crippen molar-refractivity contribution in [3.63, 3.8) is 0 Å². The van der Waals surface area contributed by atoms with E-state index in [2.05, 4.69) is 28.1 Å². The standard InChI is InChI=1S/C38H38ClN7O4/c1-5-45-14-12-31-30(20-45)41-34(44(31)4)35(47)42-28-11-7-10-27(32(28)39)25-8-6-9-26(22(25)2)36-43-29-17-23(16-24(18-40)33(29)50-36)19-46-15-13-38(3,21-46)37(48)49/h6-11,16-17H,5,12-15,19-21H2,1-4H3,(H,42,47)(H,48,49). The molecule has 1 atom stereocenters. The lowest BCUT2D eigenvalue weighted by Gasteiger charge is -2.24. The first-order valence-corrected chi connectivity index (χ1v) is 17.1. The van der Waals surface area contributed by atoms with Crippen molar-refractivity contribution in [3.8, 4) is 28.7 Å². The summed E-state index contributed by atoms with van der Waals surface area (Å²) in [6, 6.07) is 17.2. The maximum atomic E-state index is 13.5. The number of amides is 1. The summed E-state index contributed by atoms with van der Waals surface area (Å²) in [6.45, 7) is 10.1. The molecule has 5 aromatic rings. The van der Waals surface area contributed by atoms with Crippen molar-refractivity contribution < 1.29 is 19.1 Å². The van der Waals surface area contributed by atoms with E-state index >= 15 is 0 Å². The van der Waals surface area contributed by atoms with Gasteiger partial charge >= 0.3 is 5.97 Å². The number of carboxylic acids is 1. The SMILES string of the molecule is CCN1CCc2c(nc(C(=O)Nc3cccc(-c4cccc(-c5nc6cc(CN7CCC(C)(C(=O)O)C7)cc(C#N)c6o5)c4C)c3Cl)n2C)C1. The van der Waals surface area contributed by atoms with Crippen LogP contribution in [0.3, 0.4) is 0 Å². The number of halogens is 1. The van der Waals surface area contributed by atoms with Crippen LogP contribution >= 0.6 is 11.6 Å². The summed E-state index contributed by atoms with van der Waals surface area (Å²) in [7, 11) is 1.88. The first-order valence-electron chi connectivity index (χ1n) is 16.8. The van der Waals surface area contributed by atoms with Crippen LogP contribution < -0.4 is 5.32 Å². The number of likely N-dealkylation sites (tertiary alicyclic amines) is 1. The van der Waals surface area contributed by atoms with Crippen molar-refractivity contribution in [1.82, 2.24) is 24.3 Å². The van der Waals surface area contributed by atoms with Crippen LogP contribution in [-0.4, -0.2) is 67.5 Å². The molecule has 2 aliphatic rings. The first-order chi connectivity index (χ1) is 24.0. The van der Waals surface area contributed by atoms with Gasteiger partial charge in [0.1, 0.15) is 11.6 Å². The highest BCUT2D eigenvalue weighted by atomic mass is 35.5. The van der Waals surface area contributed by atoms with E-state index < -0.39 is 11.4 Å². The number of rotatable bonds is 8. The first kappa shape index (κ1) is 33.5. The van der Waals surface area contributed by atoms with Crippen LogP contribution in [0.5, 0.6) is 0 Å². The fraction of sp³-hybridized carbons (Fsp3) is 0.342. The van der Waals surface area contributed by atoms with Gasteiger partial charge in [0.25, 0.3) is 5.91 Å². The molecule has 12 heteroatoms. The monoisotopic (exact) mass is 691 g/mol. The van der Waals surface area contributed by atoms with Crippen LogP contribution in [-0.2, 0) is 31.4 Å². The molecule has 0 aliphatic carbocycles. The normalized spacial score (nSPS) is 17.9. The number of fused-ring (bicyclic) bond motifs is 2. The number of aromatic nitrogens is 3. The maximum Gasteiger partial charge on any atom is 0.310 e. The molecule has 1 unspecified atom stereocenters. The summed E-state index contributed by atoms with van der Waals surface area (Å²) in [5, 5.41) is 23.0. The molecule has 1 fully saturated rings. The van der Waals surface area contributed by atoms with Crippen molar-refractivity contribution in [1.29, 1.82) is 5.26 Å². The van der Waals surface area contributed by atoms with Crippen LogP contribution in [0.2, 0.25) is 5.02 Å². The zero-order valence-electron chi connectivity index (χ0n) is 28.5. The topological polar surface area (TPSA) is 141 Å². The molecule has 2 aliphatic heterocycles. The largest absolute Gasteiger partial charge is 0.481 e. The minimum Gasteiger partial charge on any atom is -0.481 e. The lowest BCUT2D eigenvalue weighted by Crippen LogP contribution is -2.31. The third-order valence-electron chi connectivity index (χ3n) is 10.2. The Morgan fingerprint density at radius 2 is 1.86 bits per heavy atom. The molecule has 0 saturated carbocycles. The number of carbonyl (C=O) groups excluding carboxylic acids is 1. The van der Waals surface area contributed by atoms with Gasteiger partial charge in [-0.2, -0.15) is 5.26 Å². The minimum atomic E-state index is -0.796. The Morgan fingerprint density at radius 1 is 1.10 bits per heavy atom. The number of hydrogen-bond donors (Lipinski definition) is 2. The van der Waals surface area contributed by atoms with E-state index in [0.29, 0.717) is 65.1 Å². The molecule has 2 aromatic heterocycles. The highest BCUT2D eigenvalue weighted by molar-refractivity contribution is 6.36. The van der Waals surface area contributed by atoms with Gasteiger partial charge in [-0.1, -0.05) is 42.8 Å². The van der Waals surface area contributed by atoms with Crippen LogP contribution in [0.15, 0.2) is 52.9 Å². The number of carbonyl (C=O) groups is 2. The Morgan fingerprint density at radius 3 is 2.60 bits per heavy atom. The molecule has 7 rings (SSSR count). The number of likely N-dealkylation sites (N-methyl/N-ethyl adjacent to an activating group) is 1. The van der Waals surface area contributed by atoms with Crippen molar-refractivity contribution in [2.75, 3.05) is 31.5 Å². The van der Waals surface area contributed by atoms with Crippen molar-refractivity contribution >= 4 is 40.3 Å². The van der Waals surface area contributed by atoms with Gasteiger partial charge in [-0.3, -0.25) is 19.4 Å². The third kappa shape index (κ3) is 5.93. The number of hydrogen-bond acceptors (Lipinski definition) is 8. The van der Waals surface area contributed by atoms with Crippen molar-refractivity contribution in [2.24, 2.45) is 12.5 Å². The Kier molecular flexibility index (Phi) is 8.72. The Hall–Kier alpha value is -5.02. The number of anilines is 1. The summed E-state index contributed by atoms with van der Waals surface area (Å²) in [6.07, 6.45) is 1.42. The van der Waals surface area contributed by atoms with Crippen LogP contribution in [0.1, 0.15) is 59.0 Å². The fourth-order valence-electron chi connectivity index (χ4n) is 7.23. The molecule has 1 saturated heterocycles. The van der Waals surface area contributed by atoms with Crippen LogP contribution in [0, 0.1) is 23.7 Å². The number of aliphatic carboxylic acids is 1. The molecule has 256 valence electrons. The predicted molar refractivity (Wildman–Crippen MR) is 191 cm³/mol. The summed E-state index contributed by atoms with van der Waals surface area (Å²) >= 11 is 6.99. The molecule has 1 amide bonds. The summed E-state index contributed by atoms with van der Waals surface area (Å²) in [4.78, 5) is 39.1. The lowest BCUT2D eigenvalue weighted by molar-refractivity contribution is -0.147. The van der Waals surface area contributed by atoms with Gasteiger partial charge in [0.05, 0.1) is 27.4 Å². The number of imidazole rings is 1. The summed E-state index contributed by atoms with van der Waals surface area (Å²) in [5.74, 6) is -0.402. The molecular formula is C38H38ClN7O4. The van der Waals surface area contributed by atoms with Crippen molar-refractivity contribution in [3.05, 3.63) is 87.5 Å². The molecule has 2 N–H and O–H groups in total. The summed E-state index contributed by atoms with van der Waals surface area (Å²) in [5.41, 5.74) is 7.09. The number of benzene rings is 3. The summed E-state index contributed by atoms with van der Waals surface area (Å²) < 4.78 is 8.11. The fourth-order valence-corrected chi connectivity index (χ4v) is 7.51. The van der Waals surface area contributed by atoms with E-state index in [9.17, 15) is 20.0 Å². The predicted octanol–water partition coefficient (Wildman–Crippen LogP) is 6.66. The molecular weight excluding hydrogens is 654 g/mol. The quantitative estimate of drug-likeness (QED) is 0.183. The number of oxazole rings is 1. The zero-order chi connectivity index (χ0) is 35.3. The number of nitrogens with zero attached hydrogens (tertiary/aromatic N) is 6. The third-order valence-corrected chi connectivity index (χ3v) is 10.6. The minimum absolute atomic E-state index is 0.325. The van der Waals surface area contributed by atoms with E-state index in [-0.39, 0.29) is 5.91 Å². The Balaban J connectivity index is 1.16. The van der Waals surface area contributed by atoms with Crippen molar-refractivity contribution in [2.45, 2.75) is 46.7 Å². The van der Waals surface area contributed by atoms with Crippen LogP contribution in [0.25, 0.3) is 33.7 Å². The van der Waals surface area contributed by atoms with Gasteiger partial charge < -0.3 is 19.4 Å².